The molecular weight excluding hydrogens is 424 g/mol. The maximum Gasteiger partial charge on any atom is 0.233 e. The maximum atomic E-state index is 12.9. The van der Waals surface area contributed by atoms with Gasteiger partial charge in [-0.3, -0.25) is 9.20 Å². The predicted octanol–water partition coefficient (Wildman–Crippen LogP) is 3.04. The zero-order valence-corrected chi connectivity index (χ0v) is 18.9. The molecule has 0 unspecified atom stereocenters. The minimum absolute atomic E-state index is 0.110. The average molecular weight is 449 g/mol. The molecule has 0 bridgehead atoms. The van der Waals surface area contributed by atoms with Crippen LogP contribution in [-0.2, 0) is 4.79 Å². The highest BCUT2D eigenvalue weighted by molar-refractivity contribution is 8.00. The summed E-state index contributed by atoms with van der Waals surface area (Å²) in [5, 5.41) is 9.26. The zero-order chi connectivity index (χ0) is 22.1. The molecule has 1 saturated heterocycles. The van der Waals surface area contributed by atoms with Crippen LogP contribution >= 0.6 is 11.8 Å². The Hall–Kier alpha value is -3.33. The minimum atomic E-state index is 0.110. The second kappa shape index (κ2) is 8.66. The SMILES string of the molecule is COc1ccccc1N1CCN(C(=O)CSc2nc3ccccc3n3c(C)nnc23)CC1. The van der Waals surface area contributed by atoms with Gasteiger partial charge in [0.15, 0.2) is 5.65 Å². The molecule has 164 valence electrons. The van der Waals surface area contributed by atoms with Crippen LogP contribution in [0.2, 0.25) is 0 Å². The number of nitrogens with zero attached hydrogens (tertiary/aromatic N) is 6. The number of hydrogen-bond donors (Lipinski definition) is 0. The molecule has 0 radical (unpaired) electrons. The Kier molecular flexibility index (Phi) is 5.57. The molecule has 2 aromatic heterocycles. The molecule has 0 aliphatic carbocycles. The quantitative estimate of drug-likeness (QED) is 0.435. The number of fused-ring (bicyclic) bond motifs is 3. The van der Waals surface area contributed by atoms with Gasteiger partial charge in [0, 0.05) is 26.2 Å². The first-order valence-electron chi connectivity index (χ1n) is 10.5. The van der Waals surface area contributed by atoms with E-state index in [-0.39, 0.29) is 5.91 Å². The van der Waals surface area contributed by atoms with Crippen LogP contribution in [0.5, 0.6) is 5.75 Å². The molecule has 32 heavy (non-hydrogen) atoms. The Morgan fingerprint density at radius 1 is 1.03 bits per heavy atom. The fraction of sp³-hybridized carbons (Fsp3) is 0.304. The van der Waals surface area contributed by atoms with Gasteiger partial charge in [-0.2, -0.15) is 0 Å². The topological polar surface area (TPSA) is 75.9 Å². The van der Waals surface area contributed by atoms with Gasteiger partial charge in [0.25, 0.3) is 0 Å². The number of anilines is 1. The van der Waals surface area contributed by atoms with Crippen LogP contribution in [-0.4, -0.2) is 69.4 Å². The summed E-state index contributed by atoms with van der Waals surface area (Å²) in [7, 11) is 1.69. The molecule has 1 aliphatic heterocycles. The number of hydrogen-bond acceptors (Lipinski definition) is 7. The maximum absolute atomic E-state index is 12.9. The standard InChI is InChI=1S/C23H24N6O2S/c1-16-25-26-22-23(24-17-7-3-4-8-18(17)29(16)22)32-15-21(30)28-13-11-27(12-14-28)19-9-5-6-10-20(19)31-2/h3-10H,11-15H2,1-2H3. The van der Waals surface area contributed by atoms with E-state index in [4.69, 9.17) is 9.72 Å². The van der Waals surface area contributed by atoms with Crippen molar-refractivity contribution in [1.29, 1.82) is 0 Å². The van der Waals surface area contributed by atoms with Crippen molar-refractivity contribution in [3.63, 3.8) is 0 Å². The molecule has 0 N–H and O–H groups in total. The van der Waals surface area contributed by atoms with Crippen LogP contribution in [0.25, 0.3) is 16.7 Å². The summed E-state index contributed by atoms with van der Waals surface area (Å²) in [5.41, 5.74) is 3.60. The summed E-state index contributed by atoms with van der Waals surface area (Å²) in [6.07, 6.45) is 0. The first-order valence-corrected chi connectivity index (χ1v) is 11.5. The molecule has 9 heteroatoms. The van der Waals surface area contributed by atoms with Gasteiger partial charge < -0.3 is 14.5 Å². The molecule has 3 heterocycles. The average Bonchev–Trinajstić information content (AvgIpc) is 3.24. The van der Waals surface area contributed by atoms with Crippen LogP contribution < -0.4 is 9.64 Å². The van der Waals surface area contributed by atoms with E-state index in [1.54, 1.807) is 7.11 Å². The van der Waals surface area contributed by atoms with Gasteiger partial charge in [-0.1, -0.05) is 36.0 Å². The van der Waals surface area contributed by atoms with Crippen molar-refractivity contribution in [2.24, 2.45) is 0 Å². The number of methoxy groups -OCH3 is 1. The number of thioether (sulfide) groups is 1. The number of carbonyl (C=O) groups excluding carboxylic acids is 1. The van der Waals surface area contributed by atoms with Crippen molar-refractivity contribution < 1.29 is 9.53 Å². The number of piperazine rings is 1. The summed E-state index contributed by atoms with van der Waals surface area (Å²) < 4.78 is 7.48. The number of aromatic nitrogens is 4. The third-order valence-corrected chi connectivity index (χ3v) is 6.69. The number of rotatable bonds is 5. The van der Waals surface area contributed by atoms with E-state index in [0.717, 1.165) is 46.4 Å². The van der Waals surface area contributed by atoms with E-state index in [9.17, 15) is 4.79 Å². The Labute approximate surface area is 190 Å². The van der Waals surface area contributed by atoms with Crippen molar-refractivity contribution in [2.75, 3.05) is 43.9 Å². The number of carbonyl (C=O) groups is 1. The van der Waals surface area contributed by atoms with Crippen LogP contribution in [0.4, 0.5) is 5.69 Å². The van der Waals surface area contributed by atoms with Crippen LogP contribution in [0.1, 0.15) is 5.82 Å². The molecular formula is C23H24N6O2S. The largest absolute Gasteiger partial charge is 0.495 e. The van der Waals surface area contributed by atoms with E-state index in [1.165, 1.54) is 11.8 Å². The van der Waals surface area contributed by atoms with Crippen LogP contribution in [0.3, 0.4) is 0 Å². The lowest BCUT2D eigenvalue weighted by Crippen LogP contribution is -2.49. The Balaban J connectivity index is 1.27. The second-order valence-corrected chi connectivity index (χ2v) is 8.60. The third kappa shape index (κ3) is 3.73. The van der Waals surface area contributed by atoms with Crippen molar-refractivity contribution in [3.8, 4) is 5.75 Å². The van der Waals surface area contributed by atoms with Gasteiger partial charge in [0.2, 0.25) is 5.91 Å². The van der Waals surface area contributed by atoms with Gasteiger partial charge in [0.05, 0.1) is 29.6 Å². The van der Waals surface area contributed by atoms with E-state index < -0.39 is 0 Å². The van der Waals surface area contributed by atoms with Gasteiger partial charge in [-0.05, 0) is 31.2 Å². The Bertz CT molecular complexity index is 1280. The number of benzene rings is 2. The molecule has 1 amide bonds. The predicted molar refractivity (Wildman–Crippen MR) is 126 cm³/mol. The summed E-state index contributed by atoms with van der Waals surface area (Å²) >= 11 is 1.42. The highest BCUT2D eigenvalue weighted by Gasteiger charge is 2.23. The smallest absolute Gasteiger partial charge is 0.233 e. The first kappa shape index (κ1) is 20.6. The number of aryl methyl sites for hydroxylation is 1. The molecule has 1 fully saturated rings. The van der Waals surface area contributed by atoms with Gasteiger partial charge >= 0.3 is 0 Å². The van der Waals surface area contributed by atoms with Crippen molar-refractivity contribution in [2.45, 2.75) is 11.9 Å². The lowest BCUT2D eigenvalue weighted by molar-refractivity contribution is -0.128. The summed E-state index contributed by atoms with van der Waals surface area (Å²) in [6, 6.07) is 15.9. The second-order valence-electron chi connectivity index (χ2n) is 7.64. The molecule has 5 rings (SSSR count). The summed E-state index contributed by atoms with van der Waals surface area (Å²) in [5.74, 6) is 2.10. The minimum Gasteiger partial charge on any atom is -0.495 e. The van der Waals surface area contributed by atoms with Gasteiger partial charge in [-0.15, -0.1) is 10.2 Å². The van der Waals surface area contributed by atoms with Crippen molar-refractivity contribution >= 4 is 40.0 Å². The highest BCUT2D eigenvalue weighted by atomic mass is 32.2. The fourth-order valence-electron chi connectivity index (χ4n) is 4.10. The lowest BCUT2D eigenvalue weighted by Gasteiger charge is -2.36. The van der Waals surface area contributed by atoms with E-state index in [2.05, 4.69) is 21.2 Å². The van der Waals surface area contributed by atoms with Crippen molar-refractivity contribution in [1.82, 2.24) is 24.5 Å². The number of para-hydroxylation sites is 4. The molecule has 8 nitrogen and oxygen atoms in total. The molecule has 4 aromatic rings. The van der Waals surface area contributed by atoms with Crippen LogP contribution in [0.15, 0.2) is 53.6 Å². The first-order chi connectivity index (χ1) is 15.7. The molecule has 2 aromatic carbocycles. The van der Waals surface area contributed by atoms with Gasteiger partial charge in [-0.25, -0.2) is 4.98 Å². The molecule has 0 saturated carbocycles. The third-order valence-electron chi connectivity index (χ3n) is 5.75. The van der Waals surface area contributed by atoms with Crippen molar-refractivity contribution in [3.05, 3.63) is 54.4 Å². The fourth-order valence-corrected chi connectivity index (χ4v) is 4.97. The molecule has 0 atom stereocenters. The van der Waals surface area contributed by atoms with E-state index in [1.807, 2.05) is 58.7 Å². The van der Waals surface area contributed by atoms with E-state index in [0.29, 0.717) is 24.5 Å². The van der Waals surface area contributed by atoms with Gasteiger partial charge in [0.1, 0.15) is 16.6 Å². The molecule has 1 aliphatic rings. The van der Waals surface area contributed by atoms with E-state index >= 15 is 0 Å². The molecule has 0 spiro atoms. The normalized spacial score (nSPS) is 14.3. The summed E-state index contributed by atoms with van der Waals surface area (Å²) in [4.78, 5) is 21.9. The lowest BCUT2D eigenvalue weighted by atomic mass is 10.2. The summed E-state index contributed by atoms with van der Waals surface area (Å²) in [6.45, 7) is 4.84. The zero-order valence-electron chi connectivity index (χ0n) is 18.1. The Morgan fingerprint density at radius 3 is 2.59 bits per heavy atom. The van der Waals surface area contributed by atoms with Crippen LogP contribution in [0, 0.1) is 6.92 Å². The monoisotopic (exact) mass is 448 g/mol. The Morgan fingerprint density at radius 2 is 1.78 bits per heavy atom. The number of ether oxygens (including phenoxy) is 1. The highest BCUT2D eigenvalue weighted by Crippen LogP contribution is 2.29. The number of amides is 1.